The Balaban J connectivity index is 1.98. The van der Waals surface area contributed by atoms with Gasteiger partial charge in [0.2, 0.25) is 0 Å². The second-order valence-corrected chi connectivity index (χ2v) is 6.25. The smallest absolute Gasteiger partial charge is 0.266 e. The minimum atomic E-state index is -0.573. The first-order valence-corrected chi connectivity index (χ1v) is 7.59. The summed E-state index contributed by atoms with van der Waals surface area (Å²) in [5.74, 6) is -0.252. The summed E-state index contributed by atoms with van der Waals surface area (Å²) in [7, 11) is 0. The Kier molecular flexibility index (Phi) is 3.74. The van der Waals surface area contributed by atoms with E-state index in [1.54, 1.807) is 12.1 Å². The third-order valence-electron chi connectivity index (χ3n) is 3.37. The lowest BCUT2D eigenvalue weighted by molar-refractivity contribution is -0.110. The lowest BCUT2D eigenvalue weighted by Gasteiger charge is -2.19. The molecular weight excluding hydrogens is 306 g/mol. The van der Waals surface area contributed by atoms with E-state index in [9.17, 15) is 9.59 Å². The first kappa shape index (κ1) is 14.2. The average molecular weight is 318 g/mol. The van der Waals surface area contributed by atoms with Crippen molar-refractivity contribution in [2.45, 2.75) is 17.9 Å². The molecule has 1 aliphatic rings. The number of halogens is 1. The summed E-state index contributed by atoms with van der Waals surface area (Å²) in [6, 6.07) is 12.2. The van der Waals surface area contributed by atoms with Crippen molar-refractivity contribution >= 4 is 35.7 Å². The zero-order chi connectivity index (χ0) is 15.0. The minimum Gasteiger partial charge on any atom is -0.301 e. The third-order valence-corrected chi connectivity index (χ3v) is 4.84. The Morgan fingerprint density at radius 3 is 2.76 bits per heavy atom. The molecule has 0 saturated carbocycles. The molecule has 5 heteroatoms. The quantitative estimate of drug-likeness (QED) is 0.619. The molecule has 21 heavy (non-hydrogen) atoms. The number of benzene rings is 2. The fourth-order valence-electron chi connectivity index (χ4n) is 2.31. The molecule has 0 fully saturated rings. The Hall–Kier alpha value is -1.78. The largest absolute Gasteiger partial charge is 0.301 e. The molecule has 0 aliphatic carbocycles. The summed E-state index contributed by atoms with van der Waals surface area (Å²) in [4.78, 5) is 25.0. The summed E-state index contributed by atoms with van der Waals surface area (Å²) in [6.07, 6.45) is 0.791. The van der Waals surface area contributed by atoms with Gasteiger partial charge in [0, 0.05) is 4.90 Å². The van der Waals surface area contributed by atoms with Gasteiger partial charge in [0.05, 0.1) is 10.6 Å². The lowest BCUT2D eigenvalue weighted by Crippen LogP contribution is -2.26. The van der Waals surface area contributed by atoms with E-state index < -0.39 is 6.04 Å². The van der Waals surface area contributed by atoms with Crippen LogP contribution in [0, 0.1) is 6.92 Å². The van der Waals surface area contributed by atoms with Gasteiger partial charge in [-0.05, 0) is 48.2 Å². The van der Waals surface area contributed by atoms with E-state index >= 15 is 0 Å². The van der Waals surface area contributed by atoms with Gasteiger partial charge in [-0.1, -0.05) is 35.9 Å². The molecule has 1 amide bonds. The van der Waals surface area contributed by atoms with Crippen LogP contribution in [0.4, 0.5) is 0 Å². The molecule has 106 valence electrons. The molecule has 0 bridgehead atoms. The molecule has 1 aliphatic heterocycles. The van der Waals surface area contributed by atoms with E-state index in [0.717, 1.165) is 22.3 Å². The fourth-order valence-corrected chi connectivity index (χ4v) is 3.73. The summed E-state index contributed by atoms with van der Waals surface area (Å²) < 4.78 is 1.48. The number of carbonyl (C=O) groups is 2. The van der Waals surface area contributed by atoms with Crippen LogP contribution in [0.15, 0.2) is 47.4 Å². The Bertz CT molecular complexity index is 732. The molecule has 0 N–H and O–H groups in total. The molecule has 1 unspecified atom stereocenters. The zero-order valence-corrected chi connectivity index (χ0v) is 12.8. The van der Waals surface area contributed by atoms with Gasteiger partial charge in [-0.15, -0.1) is 0 Å². The molecule has 0 saturated heterocycles. The van der Waals surface area contributed by atoms with Crippen LogP contribution in [0.5, 0.6) is 0 Å². The molecule has 2 aromatic carbocycles. The van der Waals surface area contributed by atoms with Crippen molar-refractivity contribution in [3.05, 3.63) is 64.2 Å². The van der Waals surface area contributed by atoms with Gasteiger partial charge in [0.25, 0.3) is 5.91 Å². The van der Waals surface area contributed by atoms with Crippen molar-refractivity contribution in [2.24, 2.45) is 0 Å². The highest BCUT2D eigenvalue weighted by Gasteiger charge is 2.35. The molecule has 1 heterocycles. The second kappa shape index (κ2) is 5.54. The molecule has 0 aromatic heterocycles. The summed E-state index contributed by atoms with van der Waals surface area (Å²) in [5, 5.41) is 0.404. The van der Waals surface area contributed by atoms with Gasteiger partial charge in [-0.2, -0.15) is 0 Å². The lowest BCUT2D eigenvalue weighted by atomic mass is 10.1. The number of aldehydes is 1. The first-order valence-electron chi connectivity index (χ1n) is 6.43. The maximum Gasteiger partial charge on any atom is 0.266 e. The van der Waals surface area contributed by atoms with Gasteiger partial charge in [-0.25, -0.2) is 0 Å². The van der Waals surface area contributed by atoms with Gasteiger partial charge in [0.15, 0.2) is 0 Å². The molecular formula is C16H12ClNO2S. The van der Waals surface area contributed by atoms with Gasteiger partial charge >= 0.3 is 0 Å². The number of aryl methyl sites for hydroxylation is 1. The van der Waals surface area contributed by atoms with E-state index in [2.05, 4.69) is 0 Å². The topological polar surface area (TPSA) is 37.4 Å². The number of carbonyl (C=O) groups excluding carboxylic acids is 2. The van der Waals surface area contributed by atoms with E-state index in [1.807, 2.05) is 37.3 Å². The van der Waals surface area contributed by atoms with E-state index in [1.165, 1.54) is 16.3 Å². The van der Waals surface area contributed by atoms with Crippen LogP contribution in [0.1, 0.15) is 27.5 Å². The standard InChI is InChI=1S/C16H12ClNO2S/c1-10-6-7-11(13(17)8-10)16(20)18-14(9-19)12-4-2-3-5-15(12)21-18/h2-9,14H,1H3. The maximum absolute atomic E-state index is 12.7. The Morgan fingerprint density at radius 1 is 1.29 bits per heavy atom. The third kappa shape index (κ3) is 2.45. The van der Waals surface area contributed by atoms with E-state index in [-0.39, 0.29) is 5.91 Å². The van der Waals surface area contributed by atoms with Crippen molar-refractivity contribution in [3.8, 4) is 0 Å². The monoisotopic (exact) mass is 317 g/mol. The minimum absolute atomic E-state index is 0.252. The van der Waals surface area contributed by atoms with Crippen molar-refractivity contribution in [3.63, 3.8) is 0 Å². The number of amides is 1. The second-order valence-electron chi connectivity index (χ2n) is 4.82. The predicted octanol–water partition coefficient (Wildman–Crippen LogP) is 4.05. The van der Waals surface area contributed by atoms with Crippen LogP contribution in [0.2, 0.25) is 5.02 Å². The molecule has 1 atom stereocenters. The average Bonchev–Trinajstić information content (AvgIpc) is 2.85. The molecule has 3 rings (SSSR count). The van der Waals surface area contributed by atoms with Crippen LogP contribution in [0.3, 0.4) is 0 Å². The number of hydrogen-bond acceptors (Lipinski definition) is 3. The van der Waals surface area contributed by atoms with Crippen LogP contribution < -0.4 is 0 Å². The SMILES string of the molecule is Cc1ccc(C(=O)N2Sc3ccccc3C2C=O)c(Cl)c1. The number of rotatable bonds is 2. The van der Waals surface area contributed by atoms with Gasteiger partial charge in [-0.3, -0.25) is 9.10 Å². The van der Waals surface area contributed by atoms with Crippen molar-refractivity contribution < 1.29 is 9.59 Å². The molecule has 0 spiro atoms. The highest BCUT2D eigenvalue weighted by atomic mass is 35.5. The zero-order valence-electron chi connectivity index (χ0n) is 11.2. The van der Waals surface area contributed by atoms with Crippen LogP contribution in [0.25, 0.3) is 0 Å². The molecule has 2 aromatic rings. The number of hydrogen-bond donors (Lipinski definition) is 0. The molecule has 3 nitrogen and oxygen atoms in total. The van der Waals surface area contributed by atoms with E-state index in [0.29, 0.717) is 10.6 Å². The first-order chi connectivity index (χ1) is 10.1. The predicted molar refractivity (Wildman–Crippen MR) is 83.5 cm³/mol. The van der Waals surface area contributed by atoms with Crippen LogP contribution in [-0.2, 0) is 4.79 Å². The fraction of sp³-hybridized carbons (Fsp3) is 0.125. The van der Waals surface area contributed by atoms with Crippen LogP contribution >= 0.6 is 23.5 Å². The van der Waals surface area contributed by atoms with Gasteiger partial charge < -0.3 is 4.79 Å². The summed E-state index contributed by atoms with van der Waals surface area (Å²) >= 11 is 7.44. The maximum atomic E-state index is 12.7. The number of nitrogens with zero attached hydrogens (tertiary/aromatic N) is 1. The van der Waals surface area contributed by atoms with E-state index in [4.69, 9.17) is 11.6 Å². The molecule has 0 radical (unpaired) electrons. The highest BCUT2D eigenvalue weighted by Crippen LogP contribution is 2.44. The normalized spacial score (nSPS) is 16.7. The van der Waals surface area contributed by atoms with Gasteiger partial charge in [0.1, 0.15) is 12.3 Å². The van der Waals surface area contributed by atoms with Crippen molar-refractivity contribution in [1.82, 2.24) is 4.31 Å². The highest BCUT2D eigenvalue weighted by molar-refractivity contribution is 7.98. The number of fused-ring (bicyclic) bond motifs is 1. The summed E-state index contributed by atoms with van der Waals surface area (Å²) in [5.41, 5.74) is 2.25. The summed E-state index contributed by atoms with van der Waals surface area (Å²) in [6.45, 7) is 1.91. The van der Waals surface area contributed by atoms with Crippen LogP contribution in [-0.4, -0.2) is 16.5 Å². The Morgan fingerprint density at radius 2 is 2.05 bits per heavy atom. The Labute approximate surface area is 132 Å². The van der Waals surface area contributed by atoms with Crippen molar-refractivity contribution in [2.75, 3.05) is 0 Å². The van der Waals surface area contributed by atoms with Crippen molar-refractivity contribution in [1.29, 1.82) is 0 Å².